The standard InChI is InChI=1S/C34H36O2/c1-33(2,3)31(25-17-21-29(22-18-25)35-27-13-9-7-10-14-27)32(34(4,5)6)26-19-23-30(24-20-26)36-28-15-11-8-12-16-28/h7-24H,1-6H3/b32-31+. The molecule has 0 N–H and O–H groups in total. The van der Waals surface area contributed by atoms with Gasteiger partial charge in [0.2, 0.25) is 0 Å². The number of hydrogen-bond acceptors (Lipinski definition) is 2. The van der Waals surface area contributed by atoms with Crippen LogP contribution in [0.2, 0.25) is 0 Å². The summed E-state index contributed by atoms with van der Waals surface area (Å²) in [6.45, 7) is 13.7. The Bertz CT molecular complexity index is 1180. The SMILES string of the molecule is CC(C)(C)/C(=C(\c1ccc(Oc2ccccc2)cc1)C(C)(C)C)c1ccc(Oc2ccccc2)cc1. The van der Waals surface area contributed by atoms with Crippen LogP contribution in [0.4, 0.5) is 0 Å². The molecule has 0 aromatic heterocycles. The van der Waals surface area contributed by atoms with E-state index in [1.54, 1.807) is 0 Å². The Balaban J connectivity index is 1.73. The number of allylic oxidation sites excluding steroid dienone is 2. The van der Waals surface area contributed by atoms with Gasteiger partial charge in [0.15, 0.2) is 0 Å². The van der Waals surface area contributed by atoms with E-state index in [1.165, 1.54) is 22.3 Å². The molecule has 0 heterocycles. The first kappa shape index (κ1) is 25.3. The molecule has 0 saturated heterocycles. The monoisotopic (exact) mass is 476 g/mol. The average molecular weight is 477 g/mol. The molecule has 0 saturated carbocycles. The Labute approximate surface area is 216 Å². The van der Waals surface area contributed by atoms with Gasteiger partial charge in [0, 0.05) is 0 Å². The topological polar surface area (TPSA) is 18.5 Å². The Kier molecular flexibility index (Phi) is 7.35. The van der Waals surface area contributed by atoms with Crippen LogP contribution in [-0.4, -0.2) is 0 Å². The summed E-state index contributed by atoms with van der Waals surface area (Å²) in [6.07, 6.45) is 0. The second-order valence-corrected chi connectivity index (χ2v) is 11.1. The van der Waals surface area contributed by atoms with E-state index in [4.69, 9.17) is 9.47 Å². The van der Waals surface area contributed by atoms with Gasteiger partial charge in [-0.1, -0.05) is 102 Å². The summed E-state index contributed by atoms with van der Waals surface area (Å²) in [4.78, 5) is 0. The van der Waals surface area contributed by atoms with Crippen LogP contribution >= 0.6 is 0 Å². The molecule has 4 aromatic rings. The molecule has 0 atom stereocenters. The number of hydrogen-bond donors (Lipinski definition) is 0. The van der Waals surface area contributed by atoms with Crippen molar-refractivity contribution in [2.45, 2.75) is 41.5 Å². The molecule has 0 aliphatic carbocycles. The molecule has 184 valence electrons. The lowest BCUT2D eigenvalue weighted by molar-refractivity contribution is 0.482. The minimum Gasteiger partial charge on any atom is -0.457 e. The fourth-order valence-corrected chi connectivity index (χ4v) is 4.53. The maximum absolute atomic E-state index is 6.04. The van der Waals surface area contributed by atoms with Crippen molar-refractivity contribution in [2.75, 3.05) is 0 Å². The molecule has 4 aromatic carbocycles. The second-order valence-electron chi connectivity index (χ2n) is 11.1. The number of para-hydroxylation sites is 2. The molecular weight excluding hydrogens is 440 g/mol. The van der Waals surface area contributed by atoms with Crippen LogP contribution in [0, 0.1) is 10.8 Å². The van der Waals surface area contributed by atoms with Crippen LogP contribution < -0.4 is 9.47 Å². The zero-order chi connectivity index (χ0) is 25.8. The summed E-state index contributed by atoms with van der Waals surface area (Å²) in [7, 11) is 0. The highest BCUT2D eigenvalue weighted by molar-refractivity contribution is 5.95. The average Bonchev–Trinajstić information content (AvgIpc) is 2.84. The summed E-state index contributed by atoms with van der Waals surface area (Å²) in [5.41, 5.74) is 4.94. The van der Waals surface area contributed by atoms with Gasteiger partial charge in [0.1, 0.15) is 23.0 Å². The first-order valence-electron chi connectivity index (χ1n) is 12.5. The summed E-state index contributed by atoms with van der Waals surface area (Å²) < 4.78 is 12.1. The predicted octanol–water partition coefficient (Wildman–Crippen LogP) is 10.3. The van der Waals surface area contributed by atoms with Gasteiger partial charge < -0.3 is 9.47 Å². The van der Waals surface area contributed by atoms with Gasteiger partial charge in [0.05, 0.1) is 0 Å². The lowest BCUT2D eigenvalue weighted by atomic mass is 9.70. The summed E-state index contributed by atoms with van der Waals surface area (Å²) in [6, 6.07) is 36.7. The van der Waals surface area contributed by atoms with E-state index >= 15 is 0 Å². The van der Waals surface area contributed by atoms with Gasteiger partial charge in [0.25, 0.3) is 0 Å². The predicted molar refractivity (Wildman–Crippen MR) is 152 cm³/mol. The zero-order valence-corrected chi connectivity index (χ0v) is 22.2. The van der Waals surface area contributed by atoms with Crippen LogP contribution in [0.15, 0.2) is 109 Å². The van der Waals surface area contributed by atoms with Gasteiger partial charge in [-0.25, -0.2) is 0 Å². The molecule has 0 aliphatic rings. The van der Waals surface area contributed by atoms with E-state index in [0.717, 1.165) is 23.0 Å². The number of benzene rings is 4. The van der Waals surface area contributed by atoms with Gasteiger partial charge >= 0.3 is 0 Å². The van der Waals surface area contributed by atoms with E-state index in [0.29, 0.717) is 0 Å². The minimum absolute atomic E-state index is 0.0658. The molecule has 0 amide bonds. The van der Waals surface area contributed by atoms with Crippen molar-refractivity contribution < 1.29 is 9.47 Å². The second kappa shape index (κ2) is 10.5. The Hall–Kier alpha value is -3.78. The third-order valence-electron chi connectivity index (χ3n) is 5.99. The first-order valence-corrected chi connectivity index (χ1v) is 12.5. The van der Waals surface area contributed by atoms with Gasteiger partial charge in [-0.05, 0) is 81.6 Å². The van der Waals surface area contributed by atoms with Gasteiger partial charge in [-0.15, -0.1) is 0 Å². The molecule has 0 spiro atoms. The Morgan fingerprint density at radius 3 is 0.944 bits per heavy atom. The first-order chi connectivity index (χ1) is 17.1. The van der Waals surface area contributed by atoms with E-state index in [2.05, 4.69) is 90.1 Å². The van der Waals surface area contributed by atoms with Crippen LogP contribution in [0.1, 0.15) is 52.7 Å². The molecule has 0 fully saturated rings. The molecule has 0 radical (unpaired) electrons. The normalized spacial score (nSPS) is 12.6. The fourth-order valence-electron chi connectivity index (χ4n) is 4.53. The van der Waals surface area contributed by atoms with Crippen molar-refractivity contribution in [3.05, 3.63) is 120 Å². The van der Waals surface area contributed by atoms with E-state index in [-0.39, 0.29) is 10.8 Å². The molecular formula is C34H36O2. The van der Waals surface area contributed by atoms with Crippen LogP contribution in [0.5, 0.6) is 23.0 Å². The Morgan fingerprint density at radius 2 is 0.667 bits per heavy atom. The third kappa shape index (κ3) is 6.26. The van der Waals surface area contributed by atoms with Crippen LogP contribution in [-0.2, 0) is 0 Å². The van der Waals surface area contributed by atoms with Crippen molar-refractivity contribution in [1.82, 2.24) is 0 Å². The van der Waals surface area contributed by atoms with Crippen LogP contribution in [0.25, 0.3) is 11.1 Å². The van der Waals surface area contributed by atoms with Crippen molar-refractivity contribution in [2.24, 2.45) is 10.8 Å². The molecule has 0 unspecified atom stereocenters. The molecule has 0 bridgehead atoms. The van der Waals surface area contributed by atoms with Gasteiger partial charge in [-0.3, -0.25) is 0 Å². The molecule has 0 aliphatic heterocycles. The number of ether oxygens (including phenoxy) is 2. The smallest absolute Gasteiger partial charge is 0.127 e. The highest BCUT2D eigenvalue weighted by Gasteiger charge is 2.30. The molecule has 2 nitrogen and oxygen atoms in total. The summed E-state index contributed by atoms with van der Waals surface area (Å²) >= 11 is 0. The summed E-state index contributed by atoms with van der Waals surface area (Å²) in [5.74, 6) is 3.34. The van der Waals surface area contributed by atoms with E-state index < -0.39 is 0 Å². The minimum atomic E-state index is -0.0658. The maximum atomic E-state index is 6.04. The van der Waals surface area contributed by atoms with Crippen molar-refractivity contribution in [1.29, 1.82) is 0 Å². The van der Waals surface area contributed by atoms with Crippen molar-refractivity contribution >= 4 is 11.1 Å². The fraction of sp³-hybridized carbons (Fsp3) is 0.235. The largest absolute Gasteiger partial charge is 0.457 e. The van der Waals surface area contributed by atoms with E-state index in [9.17, 15) is 0 Å². The summed E-state index contributed by atoms with van der Waals surface area (Å²) in [5, 5.41) is 0. The number of rotatable bonds is 6. The molecule has 4 rings (SSSR count). The van der Waals surface area contributed by atoms with Gasteiger partial charge in [-0.2, -0.15) is 0 Å². The zero-order valence-electron chi connectivity index (χ0n) is 22.2. The molecule has 2 heteroatoms. The van der Waals surface area contributed by atoms with Crippen molar-refractivity contribution in [3.63, 3.8) is 0 Å². The van der Waals surface area contributed by atoms with E-state index in [1.807, 2.05) is 60.7 Å². The highest BCUT2D eigenvalue weighted by atomic mass is 16.5. The lowest BCUT2D eigenvalue weighted by Crippen LogP contribution is -2.18. The third-order valence-corrected chi connectivity index (χ3v) is 5.99. The lowest BCUT2D eigenvalue weighted by Gasteiger charge is -2.34. The Morgan fingerprint density at radius 1 is 0.389 bits per heavy atom. The highest BCUT2D eigenvalue weighted by Crippen LogP contribution is 2.47. The van der Waals surface area contributed by atoms with Crippen molar-refractivity contribution in [3.8, 4) is 23.0 Å². The quantitative estimate of drug-likeness (QED) is 0.258. The van der Waals surface area contributed by atoms with Crippen LogP contribution in [0.3, 0.4) is 0 Å². The maximum Gasteiger partial charge on any atom is 0.127 e. The molecule has 36 heavy (non-hydrogen) atoms.